The van der Waals surface area contributed by atoms with Crippen LogP contribution in [-0.2, 0) is 19.4 Å². The van der Waals surface area contributed by atoms with Crippen LogP contribution in [-0.4, -0.2) is 50.0 Å². The molecule has 2 aliphatic heterocycles. The number of nitrogens with one attached hydrogen (secondary N) is 1. The van der Waals surface area contributed by atoms with Crippen LogP contribution >= 0.6 is 23.2 Å². The van der Waals surface area contributed by atoms with Gasteiger partial charge in [-0.15, -0.1) is 0 Å². The monoisotopic (exact) mass is 432 g/mol. The minimum atomic E-state index is -3.21. The van der Waals surface area contributed by atoms with Crippen molar-refractivity contribution < 1.29 is 22.7 Å². The zero-order chi connectivity index (χ0) is 19.9. The molecule has 27 heavy (non-hydrogen) atoms. The average Bonchev–Trinajstić information content (AvgIpc) is 2.93. The number of hydrogen-bond donors (Lipinski definition) is 1. The number of esters is 1. The Morgan fingerprint density at radius 3 is 2.59 bits per heavy atom. The molecule has 1 aromatic carbocycles. The molecular formula is C17H18Cl2N2O5S. The summed E-state index contributed by atoms with van der Waals surface area (Å²) in [6.07, 6.45) is 0.313. The topological polar surface area (TPSA) is 92.8 Å². The molecule has 0 spiro atoms. The van der Waals surface area contributed by atoms with Crippen molar-refractivity contribution in [1.29, 1.82) is 0 Å². The van der Waals surface area contributed by atoms with Crippen molar-refractivity contribution in [3.05, 3.63) is 45.1 Å². The van der Waals surface area contributed by atoms with Gasteiger partial charge in [-0.25, -0.2) is 18.0 Å². The fourth-order valence-corrected chi connectivity index (χ4v) is 5.74. The van der Waals surface area contributed by atoms with E-state index in [1.165, 1.54) is 18.1 Å². The average molecular weight is 433 g/mol. The van der Waals surface area contributed by atoms with Crippen LogP contribution in [0.5, 0.6) is 0 Å². The smallest absolute Gasteiger partial charge is 0.337 e. The van der Waals surface area contributed by atoms with Crippen molar-refractivity contribution in [3.63, 3.8) is 0 Å². The fraction of sp³-hybridized carbons (Fsp3) is 0.412. The fourth-order valence-electron chi connectivity index (χ4n) is 3.52. The van der Waals surface area contributed by atoms with E-state index in [-0.39, 0.29) is 17.1 Å². The van der Waals surface area contributed by atoms with Crippen LogP contribution in [0.15, 0.2) is 29.5 Å². The van der Waals surface area contributed by atoms with Crippen LogP contribution in [0.2, 0.25) is 10.0 Å². The van der Waals surface area contributed by atoms with Crippen LogP contribution in [0.25, 0.3) is 0 Å². The van der Waals surface area contributed by atoms with Crippen LogP contribution in [0.3, 0.4) is 0 Å². The maximum absolute atomic E-state index is 12.8. The van der Waals surface area contributed by atoms with E-state index in [1.54, 1.807) is 19.1 Å². The molecule has 1 saturated heterocycles. The second-order valence-electron chi connectivity index (χ2n) is 6.47. The summed E-state index contributed by atoms with van der Waals surface area (Å²) < 4.78 is 28.6. The minimum absolute atomic E-state index is 0.00866. The van der Waals surface area contributed by atoms with Crippen LogP contribution in [0.1, 0.15) is 24.9 Å². The van der Waals surface area contributed by atoms with Gasteiger partial charge in [0.25, 0.3) is 0 Å². The number of carbonyl (C=O) groups excluding carboxylic acids is 2. The quantitative estimate of drug-likeness (QED) is 0.740. The number of carbonyl (C=O) groups is 2. The number of rotatable bonds is 3. The van der Waals surface area contributed by atoms with E-state index in [4.69, 9.17) is 27.9 Å². The van der Waals surface area contributed by atoms with Crippen molar-refractivity contribution in [2.75, 3.05) is 18.6 Å². The predicted molar refractivity (Wildman–Crippen MR) is 101 cm³/mol. The van der Waals surface area contributed by atoms with Crippen molar-refractivity contribution >= 4 is 45.0 Å². The Hall–Kier alpha value is -1.77. The molecule has 10 heteroatoms. The molecule has 3 rings (SSSR count). The van der Waals surface area contributed by atoms with Gasteiger partial charge in [0.1, 0.15) is 0 Å². The maximum atomic E-state index is 12.8. The molecule has 1 N–H and O–H groups in total. The first-order valence-electron chi connectivity index (χ1n) is 8.19. The number of halogens is 2. The van der Waals surface area contributed by atoms with Gasteiger partial charge in [0.15, 0.2) is 9.84 Å². The normalized spacial score (nSPS) is 24.7. The predicted octanol–water partition coefficient (Wildman–Crippen LogP) is 2.69. The van der Waals surface area contributed by atoms with E-state index in [0.29, 0.717) is 27.7 Å². The highest BCUT2D eigenvalue weighted by atomic mass is 35.5. The van der Waals surface area contributed by atoms with Crippen molar-refractivity contribution in [2.24, 2.45) is 0 Å². The summed E-state index contributed by atoms with van der Waals surface area (Å²) in [7, 11) is -1.97. The molecule has 2 amide bonds. The number of benzene rings is 1. The second kappa shape index (κ2) is 7.33. The number of urea groups is 1. The molecule has 2 unspecified atom stereocenters. The van der Waals surface area contributed by atoms with Crippen LogP contribution in [0, 0.1) is 0 Å². The Balaban J connectivity index is 2.09. The molecule has 0 radical (unpaired) electrons. The van der Waals surface area contributed by atoms with E-state index in [1.807, 2.05) is 0 Å². The number of sulfone groups is 1. The lowest BCUT2D eigenvalue weighted by Gasteiger charge is -2.38. The number of nitrogens with zero attached hydrogens (tertiary/aromatic N) is 1. The van der Waals surface area contributed by atoms with Crippen LogP contribution in [0.4, 0.5) is 4.79 Å². The van der Waals surface area contributed by atoms with Gasteiger partial charge in [0, 0.05) is 15.7 Å². The van der Waals surface area contributed by atoms with Gasteiger partial charge in [-0.3, -0.25) is 4.90 Å². The highest BCUT2D eigenvalue weighted by Gasteiger charge is 2.43. The van der Waals surface area contributed by atoms with E-state index in [0.717, 1.165) is 0 Å². The third kappa shape index (κ3) is 3.79. The molecule has 0 bridgehead atoms. The maximum Gasteiger partial charge on any atom is 0.337 e. The first kappa shape index (κ1) is 20.0. The summed E-state index contributed by atoms with van der Waals surface area (Å²) in [4.78, 5) is 26.6. The van der Waals surface area contributed by atoms with Gasteiger partial charge in [0.05, 0.1) is 36.3 Å². The van der Waals surface area contributed by atoms with Gasteiger partial charge >= 0.3 is 12.0 Å². The number of hydrogen-bond acceptors (Lipinski definition) is 5. The summed E-state index contributed by atoms with van der Waals surface area (Å²) in [6.45, 7) is 1.60. The summed E-state index contributed by atoms with van der Waals surface area (Å²) in [5, 5.41) is 3.46. The minimum Gasteiger partial charge on any atom is -0.466 e. The standard InChI is InChI=1S/C17H18Cl2N2O5S/c1-9-14(16(22)26-2)15(12-4-3-10(18)7-13(12)19)20-17(23)21(9)11-5-6-27(24,25)8-11/h3-4,7,11,15H,5-6,8H2,1-2H3,(H,20,23). The van der Waals surface area contributed by atoms with E-state index in [9.17, 15) is 18.0 Å². The molecule has 0 aliphatic carbocycles. The van der Waals surface area contributed by atoms with Gasteiger partial charge in [-0.1, -0.05) is 29.3 Å². The zero-order valence-electron chi connectivity index (χ0n) is 14.7. The first-order chi connectivity index (χ1) is 12.6. The zero-order valence-corrected chi connectivity index (χ0v) is 17.0. The number of allylic oxidation sites excluding steroid dienone is 1. The van der Waals surface area contributed by atoms with Gasteiger partial charge < -0.3 is 10.1 Å². The molecule has 2 heterocycles. The highest BCUT2D eigenvalue weighted by Crippen LogP contribution is 2.37. The molecule has 146 valence electrons. The van der Waals surface area contributed by atoms with Crippen LogP contribution < -0.4 is 5.32 Å². The van der Waals surface area contributed by atoms with E-state index in [2.05, 4.69) is 5.32 Å². The Morgan fingerprint density at radius 1 is 1.33 bits per heavy atom. The van der Waals surface area contributed by atoms with E-state index >= 15 is 0 Å². The molecular weight excluding hydrogens is 415 g/mol. The lowest BCUT2D eigenvalue weighted by atomic mass is 9.94. The third-order valence-corrected chi connectivity index (χ3v) is 7.09. The Morgan fingerprint density at radius 2 is 2.04 bits per heavy atom. The SMILES string of the molecule is COC(=O)C1=C(C)N(C2CCS(=O)(=O)C2)C(=O)NC1c1ccc(Cl)cc1Cl. The van der Waals surface area contributed by atoms with Gasteiger partial charge in [-0.05, 0) is 31.0 Å². The third-order valence-electron chi connectivity index (χ3n) is 4.78. The second-order valence-corrected chi connectivity index (χ2v) is 9.54. The molecule has 0 aromatic heterocycles. The Kier molecular flexibility index (Phi) is 5.42. The van der Waals surface area contributed by atoms with Gasteiger partial charge in [0.2, 0.25) is 0 Å². The number of methoxy groups -OCH3 is 1. The Bertz CT molecular complexity index is 945. The highest BCUT2D eigenvalue weighted by molar-refractivity contribution is 7.91. The molecule has 2 aliphatic rings. The summed E-state index contributed by atoms with van der Waals surface area (Å²) in [5.74, 6) is -0.762. The van der Waals surface area contributed by atoms with E-state index < -0.39 is 33.9 Å². The summed E-state index contributed by atoms with van der Waals surface area (Å²) in [5.41, 5.74) is 1.04. The van der Waals surface area contributed by atoms with Crippen molar-refractivity contribution in [2.45, 2.75) is 25.4 Å². The number of ether oxygens (including phenoxy) is 1. The van der Waals surface area contributed by atoms with Gasteiger partial charge in [-0.2, -0.15) is 0 Å². The largest absolute Gasteiger partial charge is 0.466 e. The lowest BCUT2D eigenvalue weighted by molar-refractivity contribution is -0.136. The molecule has 7 nitrogen and oxygen atoms in total. The Labute approximate surface area is 167 Å². The first-order valence-corrected chi connectivity index (χ1v) is 10.8. The lowest BCUT2D eigenvalue weighted by Crippen LogP contribution is -2.52. The molecule has 1 aromatic rings. The molecule has 1 fully saturated rings. The number of amides is 2. The summed E-state index contributed by atoms with van der Waals surface area (Å²) in [6, 6.07) is 2.90. The van der Waals surface area contributed by atoms with Crippen molar-refractivity contribution in [3.8, 4) is 0 Å². The summed E-state index contributed by atoms with van der Waals surface area (Å²) >= 11 is 12.2. The molecule has 2 atom stereocenters. The molecule has 0 saturated carbocycles. The van der Waals surface area contributed by atoms with Crippen molar-refractivity contribution in [1.82, 2.24) is 10.2 Å².